The van der Waals surface area contributed by atoms with Gasteiger partial charge in [0.1, 0.15) is 11.5 Å². The minimum atomic E-state index is 0.596. The molecule has 0 aromatic carbocycles. The molecule has 0 saturated carbocycles. The van der Waals surface area contributed by atoms with Crippen molar-refractivity contribution in [2.75, 3.05) is 0 Å². The predicted octanol–water partition coefficient (Wildman–Crippen LogP) is 4.35. The minimum Gasteiger partial charge on any atom is -0.462 e. The highest BCUT2D eigenvalue weighted by molar-refractivity contribution is 5.25. The Bertz CT molecular complexity index is 382. The molecule has 0 radical (unpaired) electrons. The number of allylic oxidation sites excluding steroid dienone is 7. The summed E-state index contributed by atoms with van der Waals surface area (Å²) < 4.78 is 5.91. The van der Waals surface area contributed by atoms with Crippen LogP contribution in [0, 0.1) is 11.8 Å². The summed E-state index contributed by atoms with van der Waals surface area (Å²) in [7, 11) is 0. The van der Waals surface area contributed by atoms with Gasteiger partial charge in [-0.05, 0) is 43.4 Å². The van der Waals surface area contributed by atoms with Gasteiger partial charge in [-0.2, -0.15) is 0 Å². The molecular weight excluding hydrogens is 196 g/mol. The van der Waals surface area contributed by atoms with Crippen LogP contribution in [0.5, 0.6) is 0 Å². The fraction of sp³-hybridized carbons (Fsp3) is 0.467. The molecule has 0 bridgehead atoms. The van der Waals surface area contributed by atoms with Gasteiger partial charge in [0.2, 0.25) is 0 Å². The maximum atomic E-state index is 5.91. The van der Waals surface area contributed by atoms with Crippen molar-refractivity contribution < 1.29 is 4.74 Å². The van der Waals surface area contributed by atoms with Crippen LogP contribution in [0.25, 0.3) is 0 Å². The van der Waals surface area contributed by atoms with Crippen molar-refractivity contribution in [3.05, 3.63) is 47.5 Å². The molecule has 0 N–H and O–H groups in total. The molecule has 1 heteroatoms. The standard InChI is InChI=1S/C15H20O/c1-11-5-4-6-14(9-11)16-15-8-7-12(2)13(3)10-15/h4,6-9,11,13H,5,10H2,1-3H3. The van der Waals surface area contributed by atoms with Gasteiger partial charge in [0.15, 0.2) is 0 Å². The Hall–Kier alpha value is -1.24. The van der Waals surface area contributed by atoms with Gasteiger partial charge in [0.25, 0.3) is 0 Å². The van der Waals surface area contributed by atoms with Crippen LogP contribution in [0.15, 0.2) is 47.5 Å². The van der Waals surface area contributed by atoms with E-state index < -0.39 is 0 Å². The molecule has 2 aliphatic carbocycles. The van der Waals surface area contributed by atoms with Crippen molar-refractivity contribution in [1.29, 1.82) is 0 Å². The molecule has 0 fully saturated rings. The summed E-state index contributed by atoms with van der Waals surface area (Å²) in [5, 5.41) is 0. The van der Waals surface area contributed by atoms with E-state index in [4.69, 9.17) is 4.74 Å². The van der Waals surface area contributed by atoms with Crippen molar-refractivity contribution in [2.45, 2.75) is 33.6 Å². The molecule has 0 saturated heterocycles. The first-order valence-electron chi connectivity index (χ1n) is 6.08. The highest BCUT2D eigenvalue weighted by atomic mass is 16.5. The molecule has 0 amide bonds. The zero-order chi connectivity index (χ0) is 11.5. The van der Waals surface area contributed by atoms with E-state index in [0.29, 0.717) is 11.8 Å². The van der Waals surface area contributed by atoms with Gasteiger partial charge >= 0.3 is 0 Å². The smallest absolute Gasteiger partial charge is 0.122 e. The monoisotopic (exact) mass is 216 g/mol. The summed E-state index contributed by atoms with van der Waals surface area (Å²) in [6.07, 6.45) is 12.9. The van der Waals surface area contributed by atoms with E-state index in [1.165, 1.54) is 5.57 Å². The summed E-state index contributed by atoms with van der Waals surface area (Å²) in [6.45, 7) is 6.64. The molecule has 0 spiro atoms. The average Bonchev–Trinajstić information content (AvgIpc) is 2.24. The quantitative estimate of drug-likeness (QED) is 0.666. The van der Waals surface area contributed by atoms with Crippen LogP contribution >= 0.6 is 0 Å². The van der Waals surface area contributed by atoms with Crippen LogP contribution in [0.3, 0.4) is 0 Å². The van der Waals surface area contributed by atoms with Gasteiger partial charge in [0, 0.05) is 6.42 Å². The first-order valence-corrected chi connectivity index (χ1v) is 6.08. The summed E-state index contributed by atoms with van der Waals surface area (Å²) in [6, 6.07) is 0. The Labute approximate surface area is 98.2 Å². The number of hydrogen-bond donors (Lipinski definition) is 0. The van der Waals surface area contributed by atoms with E-state index in [1.54, 1.807) is 0 Å². The molecule has 2 rings (SSSR count). The molecule has 16 heavy (non-hydrogen) atoms. The summed E-state index contributed by atoms with van der Waals surface area (Å²) in [5.41, 5.74) is 1.44. The van der Waals surface area contributed by atoms with E-state index in [-0.39, 0.29) is 0 Å². The topological polar surface area (TPSA) is 9.23 Å². The lowest BCUT2D eigenvalue weighted by Gasteiger charge is -2.21. The minimum absolute atomic E-state index is 0.596. The molecule has 0 aliphatic heterocycles. The van der Waals surface area contributed by atoms with Gasteiger partial charge in [-0.1, -0.05) is 31.6 Å². The fourth-order valence-electron chi connectivity index (χ4n) is 2.02. The molecule has 0 aromatic heterocycles. The first-order chi connectivity index (χ1) is 7.65. The largest absolute Gasteiger partial charge is 0.462 e. The molecule has 0 heterocycles. The molecule has 2 atom stereocenters. The zero-order valence-corrected chi connectivity index (χ0v) is 10.4. The highest BCUT2D eigenvalue weighted by Gasteiger charge is 2.14. The Kier molecular flexibility index (Phi) is 3.33. The van der Waals surface area contributed by atoms with Crippen LogP contribution in [0.2, 0.25) is 0 Å². The van der Waals surface area contributed by atoms with Gasteiger partial charge < -0.3 is 4.74 Å². The van der Waals surface area contributed by atoms with Gasteiger partial charge in [-0.25, -0.2) is 0 Å². The molecule has 2 unspecified atom stereocenters. The van der Waals surface area contributed by atoms with E-state index in [9.17, 15) is 0 Å². The molecular formula is C15H20O. The average molecular weight is 216 g/mol. The third kappa shape index (κ3) is 2.66. The maximum Gasteiger partial charge on any atom is 0.122 e. The SMILES string of the molecule is CC1=CC=C(OC2=CC(C)CC=C2)CC1C. The lowest BCUT2D eigenvalue weighted by Crippen LogP contribution is -2.06. The van der Waals surface area contributed by atoms with E-state index in [1.807, 2.05) is 0 Å². The number of rotatable bonds is 2. The third-order valence-electron chi connectivity index (χ3n) is 3.30. The third-order valence-corrected chi connectivity index (χ3v) is 3.30. The van der Waals surface area contributed by atoms with Crippen LogP contribution in [0.1, 0.15) is 33.6 Å². The van der Waals surface area contributed by atoms with Crippen molar-refractivity contribution in [3.63, 3.8) is 0 Å². The second-order valence-corrected chi connectivity index (χ2v) is 4.94. The molecule has 0 aromatic rings. The molecule has 2 aliphatic rings. The van der Waals surface area contributed by atoms with Crippen LogP contribution in [-0.4, -0.2) is 0 Å². The number of hydrogen-bond acceptors (Lipinski definition) is 1. The van der Waals surface area contributed by atoms with Gasteiger partial charge in [-0.15, -0.1) is 0 Å². The van der Waals surface area contributed by atoms with Crippen molar-refractivity contribution >= 4 is 0 Å². The Morgan fingerprint density at radius 1 is 1.25 bits per heavy atom. The normalized spacial score (nSPS) is 29.3. The van der Waals surface area contributed by atoms with Crippen molar-refractivity contribution in [1.82, 2.24) is 0 Å². The van der Waals surface area contributed by atoms with Gasteiger partial charge in [0.05, 0.1) is 0 Å². The lowest BCUT2D eigenvalue weighted by molar-refractivity contribution is 0.285. The summed E-state index contributed by atoms with van der Waals surface area (Å²) in [5.74, 6) is 3.29. The zero-order valence-electron chi connectivity index (χ0n) is 10.4. The van der Waals surface area contributed by atoms with Crippen molar-refractivity contribution in [3.8, 4) is 0 Å². The fourth-order valence-corrected chi connectivity index (χ4v) is 2.02. The summed E-state index contributed by atoms with van der Waals surface area (Å²) >= 11 is 0. The van der Waals surface area contributed by atoms with E-state index in [0.717, 1.165) is 24.4 Å². The van der Waals surface area contributed by atoms with Gasteiger partial charge in [-0.3, -0.25) is 0 Å². The summed E-state index contributed by atoms with van der Waals surface area (Å²) in [4.78, 5) is 0. The maximum absolute atomic E-state index is 5.91. The van der Waals surface area contributed by atoms with E-state index in [2.05, 4.69) is 51.2 Å². The molecule has 1 nitrogen and oxygen atoms in total. The van der Waals surface area contributed by atoms with Crippen LogP contribution in [0.4, 0.5) is 0 Å². The lowest BCUT2D eigenvalue weighted by atomic mass is 9.93. The van der Waals surface area contributed by atoms with E-state index >= 15 is 0 Å². The second kappa shape index (κ2) is 4.73. The Morgan fingerprint density at radius 2 is 2.06 bits per heavy atom. The van der Waals surface area contributed by atoms with Crippen LogP contribution < -0.4 is 0 Å². The highest BCUT2D eigenvalue weighted by Crippen LogP contribution is 2.28. The van der Waals surface area contributed by atoms with Crippen molar-refractivity contribution in [2.24, 2.45) is 11.8 Å². The van der Waals surface area contributed by atoms with Crippen LogP contribution in [-0.2, 0) is 4.74 Å². The first kappa shape index (κ1) is 11.3. The Balaban J connectivity index is 2.03. The Morgan fingerprint density at radius 3 is 2.75 bits per heavy atom. The number of ether oxygens (including phenoxy) is 1. The molecule has 86 valence electrons. The predicted molar refractivity (Wildman–Crippen MR) is 67.7 cm³/mol. The second-order valence-electron chi connectivity index (χ2n) is 4.94.